The van der Waals surface area contributed by atoms with Crippen LogP contribution in [0.4, 0.5) is 4.79 Å². The Morgan fingerprint density at radius 2 is 1.54 bits per heavy atom. The summed E-state index contributed by atoms with van der Waals surface area (Å²) in [7, 11) is 0. The lowest BCUT2D eigenvalue weighted by Gasteiger charge is -2.31. The van der Waals surface area contributed by atoms with Crippen molar-refractivity contribution in [3.63, 3.8) is 0 Å². The average molecular weight is 477 g/mol. The fraction of sp³-hybridized carbons (Fsp3) is 0.464. The summed E-state index contributed by atoms with van der Waals surface area (Å²) in [6, 6.07) is 15.3. The summed E-state index contributed by atoms with van der Waals surface area (Å²) in [5, 5.41) is 12.5. The number of hydrogen-bond acceptors (Lipinski definition) is 4. The third-order valence-electron chi connectivity index (χ3n) is 7.80. The number of fused-ring (bicyclic) bond motifs is 3. The number of amides is 2. The minimum Gasteiger partial charge on any atom is -0.480 e. The molecule has 35 heavy (non-hydrogen) atoms. The Hall–Kier alpha value is -3.35. The number of rotatable bonds is 5. The van der Waals surface area contributed by atoms with Crippen LogP contribution in [-0.4, -0.2) is 53.2 Å². The highest BCUT2D eigenvalue weighted by atomic mass is 16.5. The minimum atomic E-state index is -0.953. The standard InChI is InChI=1S/C28H32N2O5/c31-26(30-16-8-15-25(30)27(32)33)22-13-2-1-3-14-24(22)29-28(34)35-17-23-20-11-6-4-9-18(20)19-10-5-7-12-21(19)23/h4-7,9-12,22-25H,1-3,8,13-17H2,(H,29,34)(H,32,33)/t22-,24+,25+/m0/s1. The van der Waals surface area contributed by atoms with Crippen LogP contribution in [0, 0.1) is 5.92 Å². The zero-order valence-corrected chi connectivity index (χ0v) is 19.8. The number of aliphatic carboxylic acids is 1. The van der Waals surface area contributed by atoms with Crippen LogP contribution in [0.3, 0.4) is 0 Å². The van der Waals surface area contributed by atoms with Crippen LogP contribution in [0.15, 0.2) is 48.5 Å². The molecule has 1 saturated heterocycles. The van der Waals surface area contributed by atoms with Crippen LogP contribution in [0.1, 0.15) is 62.0 Å². The number of ether oxygens (including phenoxy) is 1. The Bertz CT molecular complexity index is 1070. The van der Waals surface area contributed by atoms with Gasteiger partial charge in [-0.25, -0.2) is 9.59 Å². The number of hydrogen-bond donors (Lipinski definition) is 2. The maximum absolute atomic E-state index is 13.4. The van der Waals surface area contributed by atoms with Gasteiger partial charge in [0.05, 0.1) is 5.92 Å². The predicted octanol–water partition coefficient (Wildman–Crippen LogP) is 4.55. The number of alkyl carbamates (subject to hydrolysis) is 1. The first-order valence-electron chi connectivity index (χ1n) is 12.7. The van der Waals surface area contributed by atoms with Crippen molar-refractivity contribution in [1.29, 1.82) is 0 Å². The quantitative estimate of drug-likeness (QED) is 0.618. The van der Waals surface area contributed by atoms with Gasteiger partial charge in [-0.15, -0.1) is 0 Å². The summed E-state index contributed by atoms with van der Waals surface area (Å²) in [6.45, 7) is 0.683. The van der Waals surface area contributed by atoms with Gasteiger partial charge >= 0.3 is 12.1 Å². The molecule has 1 saturated carbocycles. The molecule has 2 fully saturated rings. The topological polar surface area (TPSA) is 95.9 Å². The molecule has 184 valence electrons. The molecule has 7 heteroatoms. The Kier molecular flexibility index (Phi) is 6.75. The van der Waals surface area contributed by atoms with Crippen LogP contribution >= 0.6 is 0 Å². The number of nitrogens with one attached hydrogen (secondary N) is 1. The van der Waals surface area contributed by atoms with Gasteiger partial charge in [-0.05, 0) is 47.9 Å². The monoisotopic (exact) mass is 476 g/mol. The molecule has 2 amide bonds. The predicted molar refractivity (Wildman–Crippen MR) is 131 cm³/mol. The van der Waals surface area contributed by atoms with Crippen LogP contribution in [-0.2, 0) is 14.3 Å². The Morgan fingerprint density at radius 3 is 2.23 bits per heavy atom. The van der Waals surface area contributed by atoms with Crippen molar-refractivity contribution >= 4 is 18.0 Å². The van der Waals surface area contributed by atoms with Gasteiger partial charge in [-0.1, -0.05) is 67.8 Å². The summed E-state index contributed by atoms with van der Waals surface area (Å²) >= 11 is 0. The van der Waals surface area contributed by atoms with E-state index >= 15 is 0 Å². The van der Waals surface area contributed by atoms with Crippen molar-refractivity contribution in [3.05, 3.63) is 59.7 Å². The Morgan fingerprint density at radius 1 is 0.886 bits per heavy atom. The number of likely N-dealkylation sites (tertiary alicyclic amines) is 1. The van der Waals surface area contributed by atoms with E-state index in [2.05, 4.69) is 29.6 Å². The fourth-order valence-corrected chi connectivity index (χ4v) is 6.07. The van der Waals surface area contributed by atoms with E-state index in [0.29, 0.717) is 32.2 Å². The smallest absolute Gasteiger partial charge is 0.407 e. The van der Waals surface area contributed by atoms with Crippen molar-refractivity contribution in [2.24, 2.45) is 5.92 Å². The molecule has 2 aliphatic carbocycles. The van der Waals surface area contributed by atoms with Gasteiger partial charge in [0.2, 0.25) is 5.91 Å². The first-order valence-corrected chi connectivity index (χ1v) is 12.7. The normalized spacial score (nSPS) is 23.8. The molecule has 3 aliphatic rings. The van der Waals surface area contributed by atoms with Gasteiger partial charge in [-0.2, -0.15) is 0 Å². The molecule has 3 atom stereocenters. The highest BCUT2D eigenvalue weighted by Gasteiger charge is 2.40. The van der Waals surface area contributed by atoms with Gasteiger partial charge in [0, 0.05) is 18.5 Å². The molecule has 5 rings (SSSR count). The van der Waals surface area contributed by atoms with Crippen LogP contribution < -0.4 is 5.32 Å². The van der Waals surface area contributed by atoms with E-state index in [1.807, 2.05) is 24.3 Å². The van der Waals surface area contributed by atoms with Gasteiger partial charge in [-0.3, -0.25) is 4.79 Å². The molecule has 0 bridgehead atoms. The van der Waals surface area contributed by atoms with E-state index in [-0.39, 0.29) is 24.5 Å². The number of carbonyl (C=O) groups is 3. The van der Waals surface area contributed by atoms with E-state index < -0.39 is 24.0 Å². The molecule has 7 nitrogen and oxygen atoms in total. The number of carbonyl (C=O) groups excluding carboxylic acids is 2. The maximum Gasteiger partial charge on any atom is 0.407 e. The first-order chi connectivity index (χ1) is 17.0. The molecule has 2 aromatic carbocycles. The van der Waals surface area contributed by atoms with Crippen LogP contribution in [0.5, 0.6) is 0 Å². The van der Waals surface area contributed by atoms with Crippen LogP contribution in [0.25, 0.3) is 11.1 Å². The molecule has 1 heterocycles. The van der Waals surface area contributed by atoms with Gasteiger partial charge < -0.3 is 20.1 Å². The largest absolute Gasteiger partial charge is 0.480 e. The molecule has 0 aromatic heterocycles. The van der Waals surface area contributed by atoms with Gasteiger partial charge in [0.15, 0.2) is 0 Å². The summed E-state index contributed by atoms with van der Waals surface area (Å²) in [4.78, 5) is 39.4. The average Bonchev–Trinajstić information content (AvgIpc) is 3.40. The van der Waals surface area contributed by atoms with E-state index in [0.717, 1.165) is 30.4 Å². The highest BCUT2D eigenvalue weighted by Crippen LogP contribution is 2.44. The van der Waals surface area contributed by atoms with E-state index in [4.69, 9.17) is 4.74 Å². The van der Waals surface area contributed by atoms with Crippen molar-refractivity contribution in [3.8, 4) is 11.1 Å². The Balaban J connectivity index is 1.26. The molecule has 0 unspecified atom stereocenters. The number of nitrogens with zero attached hydrogens (tertiary/aromatic N) is 1. The van der Waals surface area contributed by atoms with Gasteiger partial charge in [0.25, 0.3) is 0 Å². The first kappa shape index (κ1) is 23.4. The summed E-state index contributed by atoms with van der Waals surface area (Å²) in [5.41, 5.74) is 4.64. The molecule has 2 aromatic rings. The molecule has 0 spiro atoms. The van der Waals surface area contributed by atoms with Crippen LogP contribution in [0.2, 0.25) is 0 Å². The summed E-state index contributed by atoms with van der Waals surface area (Å²) < 4.78 is 5.73. The van der Waals surface area contributed by atoms with Crippen molar-refractivity contribution in [1.82, 2.24) is 10.2 Å². The molecule has 1 aliphatic heterocycles. The van der Waals surface area contributed by atoms with Crippen molar-refractivity contribution < 1.29 is 24.2 Å². The lowest BCUT2D eigenvalue weighted by molar-refractivity contribution is -0.150. The summed E-state index contributed by atoms with van der Waals surface area (Å²) in [6.07, 6.45) is 4.80. The highest BCUT2D eigenvalue weighted by molar-refractivity contribution is 5.86. The fourth-order valence-electron chi connectivity index (χ4n) is 6.07. The molecule has 2 N–H and O–H groups in total. The second kappa shape index (κ2) is 10.1. The van der Waals surface area contributed by atoms with E-state index in [1.165, 1.54) is 16.0 Å². The Labute approximate surface area is 205 Å². The summed E-state index contributed by atoms with van der Waals surface area (Å²) in [5.74, 6) is -1.55. The second-order valence-electron chi connectivity index (χ2n) is 9.85. The van der Waals surface area contributed by atoms with Gasteiger partial charge in [0.1, 0.15) is 12.6 Å². The second-order valence-corrected chi connectivity index (χ2v) is 9.85. The SMILES string of the molecule is O=C(N[C@@H]1CCCCC[C@@H]1C(=O)N1CCC[C@@H]1C(=O)O)OCC1c2ccccc2-c2ccccc21. The lowest BCUT2D eigenvalue weighted by Crippen LogP contribution is -2.50. The maximum atomic E-state index is 13.4. The third kappa shape index (κ3) is 4.64. The van der Waals surface area contributed by atoms with E-state index in [1.54, 1.807) is 0 Å². The minimum absolute atomic E-state index is 0.0272. The number of benzene rings is 2. The number of carboxylic acids is 1. The molecular formula is C28H32N2O5. The third-order valence-corrected chi connectivity index (χ3v) is 7.80. The number of carboxylic acid groups (broad SMARTS) is 1. The lowest BCUT2D eigenvalue weighted by atomic mass is 9.93. The molecular weight excluding hydrogens is 444 g/mol. The zero-order valence-electron chi connectivity index (χ0n) is 19.8. The van der Waals surface area contributed by atoms with Crippen molar-refractivity contribution in [2.75, 3.05) is 13.2 Å². The molecule has 0 radical (unpaired) electrons. The van der Waals surface area contributed by atoms with E-state index in [9.17, 15) is 19.5 Å². The van der Waals surface area contributed by atoms with Crippen molar-refractivity contribution in [2.45, 2.75) is 62.9 Å². The zero-order chi connectivity index (χ0) is 24.4.